The zero-order valence-corrected chi connectivity index (χ0v) is 45.9. The van der Waals surface area contributed by atoms with Gasteiger partial charge in [0.25, 0.3) is 0 Å². The van der Waals surface area contributed by atoms with Crippen molar-refractivity contribution in [2.75, 3.05) is 18.1 Å². The third kappa shape index (κ3) is 15.0. The summed E-state index contributed by atoms with van der Waals surface area (Å²) in [6, 6.07) is 16.7. The van der Waals surface area contributed by atoms with Gasteiger partial charge in [-0.1, -0.05) is 130 Å². The first kappa shape index (κ1) is 50.4. The summed E-state index contributed by atoms with van der Waals surface area (Å²) in [5, 5.41) is 0. The van der Waals surface area contributed by atoms with Gasteiger partial charge >= 0.3 is 0 Å². The summed E-state index contributed by atoms with van der Waals surface area (Å²) in [5.41, 5.74) is 4.34. The molecule has 0 N–H and O–H groups in total. The minimum absolute atomic E-state index is 0.282. The Labute approximate surface area is 372 Å². The van der Waals surface area contributed by atoms with Crippen LogP contribution in [-0.4, -0.2) is 69.5 Å². The largest absolute Gasteiger partial charge is 0.414 e. The fraction of sp³-hybridized carbons (Fsp3) is 0.833. The fourth-order valence-corrected chi connectivity index (χ4v) is 24.6. The van der Waals surface area contributed by atoms with Crippen molar-refractivity contribution in [1.82, 2.24) is 4.90 Å². The van der Waals surface area contributed by atoms with Crippen molar-refractivity contribution < 1.29 is 13.3 Å². The topological polar surface area (TPSA) is 34.2 Å². The van der Waals surface area contributed by atoms with Crippen molar-refractivity contribution in [3.8, 4) is 0 Å². The molecule has 1 aromatic rings. The lowest BCUT2D eigenvalue weighted by molar-refractivity contribution is 0.0402. The van der Waals surface area contributed by atoms with E-state index < -0.39 is 33.0 Å². The SMILES string of the molecule is CCCC1CC(C)C2CC(C)C(CCC)O[Si](C)(C)CCC[Si](CCCN3CN(c4c(C(C)C)cccc4C(C)C)C=C3Br)(CCC[Si](C)(C)O1)CCC[Si](C)(C)O2. The van der Waals surface area contributed by atoms with E-state index in [4.69, 9.17) is 13.3 Å². The molecular formula is C48H91BrN2O3Si4. The van der Waals surface area contributed by atoms with Crippen LogP contribution in [0.4, 0.5) is 5.69 Å². The molecule has 3 aliphatic rings. The van der Waals surface area contributed by atoms with Gasteiger partial charge in [0.1, 0.15) is 0 Å². The van der Waals surface area contributed by atoms with Crippen molar-refractivity contribution in [3.63, 3.8) is 0 Å². The molecule has 5 nitrogen and oxygen atoms in total. The van der Waals surface area contributed by atoms with Gasteiger partial charge in [0.05, 0.1) is 19.3 Å². The highest BCUT2D eigenvalue weighted by atomic mass is 79.9. The second kappa shape index (κ2) is 22.4. The maximum absolute atomic E-state index is 7.55. The van der Waals surface area contributed by atoms with Crippen LogP contribution >= 0.6 is 15.9 Å². The predicted octanol–water partition coefficient (Wildman–Crippen LogP) is 15.7. The normalized spacial score (nSPS) is 30.4. The lowest BCUT2D eigenvalue weighted by atomic mass is 9.87. The van der Waals surface area contributed by atoms with Crippen LogP contribution in [0.15, 0.2) is 29.0 Å². The second-order valence-corrected chi connectivity index (χ2v) is 40.5. The first-order valence-electron chi connectivity index (χ1n) is 24.2. The minimum atomic E-state index is -1.91. The summed E-state index contributed by atoms with van der Waals surface area (Å²) in [6.07, 6.45) is 15.7. The van der Waals surface area contributed by atoms with Gasteiger partial charge in [-0.15, -0.1) is 0 Å². The molecule has 2 fully saturated rings. The van der Waals surface area contributed by atoms with E-state index in [-0.39, 0.29) is 6.10 Å². The van der Waals surface area contributed by atoms with Crippen LogP contribution in [0.25, 0.3) is 0 Å². The van der Waals surface area contributed by atoms with Crippen molar-refractivity contribution in [2.45, 2.75) is 231 Å². The van der Waals surface area contributed by atoms with Gasteiger partial charge in [0.15, 0.2) is 25.0 Å². The zero-order valence-electron chi connectivity index (χ0n) is 40.3. The molecule has 0 spiro atoms. The van der Waals surface area contributed by atoms with Crippen LogP contribution in [0.3, 0.4) is 0 Å². The molecule has 6 unspecified atom stereocenters. The van der Waals surface area contributed by atoms with Crippen molar-refractivity contribution in [3.05, 3.63) is 40.1 Å². The average molecular weight is 937 g/mol. The maximum atomic E-state index is 7.55. The highest BCUT2D eigenvalue weighted by Crippen LogP contribution is 2.42. The van der Waals surface area contributed by atoms with Gasteiger partial charge in [-0.25, -0.2) is 0 Å². The quantitative estimate of drug-likeness (QED) is 0.163. The lowest BCUT2D eigenvalue weighted by Crippen LogP contribution is -2.43. The van der Waals surface area contributed by atoms with E-state index in [0.29, 0.717) is 35.9 Å². The van der Waals surface area contributed by atoms with Crippen molar-refractivity contribution in [1.29, 1.82) is 0 Å². The highest BCUT2D eigenvalue weighted by molar-refractivity contribution is 9.11. The third-order valence-corrected chi connectivity index (χ3v) is 28.1. The second-order valence-electron chi connectivity index (χ2n) is 21.9. The number of fused-ring (bicyclic) bond motifs is 6. The minimum Gasteiger partial charge on any atom is -0.414 e. The Morgan fingerprint density at radius 1 is 0.707 bits per heavy atom. The number of nitrogens with zero attached hydrogens (tertiary/aromatic N) is 2. The van der Waals surface area contributed by atoms with Crippen LogP contribution in [-0.2, 0) is 13.3 Å². The summed E-state index contributed by atoms with van der Waals surface area (Å²) in [4.78, 5) is 5.16. The molecule has 58 heavy (non-hydrogen) atoms. The van der Waals surface area contributed by atoms with E-state index in [2.05, 4.69) is 145 Å². The average Bonchev–Trinajstić information content (AvgIpc) is 3.48. The Balaban J connectivity index is 1.66. The lowest BCUT2D eigenvalue weighted by Gasteiger charge is -2.39. The van der Waals surface area contributed by atoms with Crippen LogP contribution in [0, 0.1) is 11.8 Å². The molecule has 2 saturated heterocycles. The molecule has 4 rings (SSSR count). The molecule has 334 valence electrons. The number of rotatable bonds is 11. The Morgan fingerprint density at radius 2 is 1.24 bits per heavy atom. The van der Waals surface area contributed by atoms with E-state index in [1.165, 1.54) is 115 Å². The Morgan fingerprint density at radius 3 is 1.78 bits per heavy atom. The van der Waals surface area contributed by atoms with Gasteiger partial charge < -0.3 is 23.1 Å². The summed E-state index contributed by atoms with van der Waals surface area (Å²) in [5.74, 6) is 1.97. The Hall–Kier alpha value is -0.212. The van der Waals surface area contributed by atoms with E-state index in [1.54, 1.807) is 0 Å². The molecule has 0 aromatic heterocycles. The van der Waals surface area contributed by atoms with Crippen molar-refractivity contribution >= 4 is 54.6 Å². The summed E-state index contributed by atoms with van der Waals surface area (Å²) in [6.45, 7) is 36.4. The molecule has 6 atom stereocenters. The molecule has 2 bridgehead atoms. The van der Waals surface area contributed by atoms with Crippen LogP contribution in [0.5, 0.6) is 0 Å². The van der Waals surface area contributed by atoms with Crippen LogP contribution in [0.1, 0.15) is 143 Å². The zero-order chi connectivity index (χ0) is 42.9. The molecule has 0 amide bonds. The van der Waals surface area contributed by atoms with Gasteiger partial charge in [0, 0.05) is 36.7 Å². The number of anilines is 1. The van der Waals surface area contributed by atoms with Crippen molar-refractivity contribution in [2.24, 2.45) is 11.8 Å². The molecule has 0 saturated carbocycles. The Kier molecular flexibility index (Phi) is 19.5. The monoisotopic (exact) mass is 935 g/mol. The predicted molar refractivity (Wildman–Crippen MR) is 268 cm³/mol. The summed E-state index contributed by atoms with van der Waals surface area (Å²) in [7, 11) is -7.23. The molecule has 3 aliphatic heterocycles. The molecule has 1 aromatic carbocycles. The molecular weight excluding hydrogens is 845 g/mol. The molecule has 0 aliphatic carbocycles. The number of hydrogen-bond acceptors (Lipinski definition) is 5. The van der Waals surface area contributed by atoms with Gasteiger partial charge in [-0.2, -0.15) is 0 Å². The number of hydrogen-bond donors (Lipinski definition) is 0. The third-order valence-electron chi connectivity index (χ3n) is 14.2. The van der Waals surface area contributed by atoms with Gasteiger partial charge in [0.2, 0.25) is 0 Å². The van der Waals surface area contributed by atoms with Gasteiger partial charge in [-0.3, -0.25) is 0 Å². The smallest absolute Gasteiger partial charge is 0.187 e. The summed E-state index contributed by atoms with van der Waals surface area (Å²) >= 11 is 4.07. The first-order chi connectivity index (χ1) is 27.2. The summed E-state index contributed by atoms with van der Waals surface area (Å²) < 4.78 is 23.5. The van der Waals surface area contributed by atoms with E-state index >= 15 is 0 Å². The Bertz CT molecular complexity index is 1410. The van der Waals surface area contributed by atoms with E-state index in [1.807, 2.05) is 0 Å². The van der Waals surface area contributed by atoms with Crippen LogP contribution in [0.2, 0.25) is 81.6 Å². The first-order valence-corrected chi connectivity index (χ1v) is 37.2. The maximum Gasteiger partial charge on any atom is 0.187 e. The van der Waals surface area contributed by atoms with E-state index in [9.17, 15) is 0 Å². The number of halogens is 1. The number of para-hydroxylation sites is 1. The molecule has 0 radical (unpaired) electrons. The van der Waals surface area contributed by atoms with Gasteiger partial charge in [-0.05, 0) is 140 Å². The molecule has 10 heteroatoms. The van der Waals surface area contributed by atoms with Crippen LogP contribution < -0.4 is 4.90 Å². The molecule has 3 heterocycles. The van der Waals surface area contributed by atoms with E-state index in [0.717, 1.165) is 26.1 Å². The standard InChI is InChI=1S/C48H91BrN2O3Si4/c1-15-22-42-34-40(7)46-35-41(8)45(23-16-2)53-56(11,12)28-20-32-58(31-19-27-55(9,10)52-42,33-21-29-57(13,14)54-46)30-18-26-50-37-51(36-47(50)49)48-43(38(3)4)24-17-25-44(48)39(5)6/h17,24-25,36,38-42,45-46H,15-16,18-23,26-35,37H2,1-14H3. The fourth-order valence-electron chi connectivity index (χ4n) is 10.9. The number of benzene rings is 1. The highest BCUT2D eigenvalue weighted by Gasteiger charge is 2.40.